The van der Waals surface area contributed by atoms with Crippen molar-refractivity contribution in [3.05, 3.63) is 0 Å². The minimum Gasteiger partial charge on any atom is -0.281 e. The zero-order chi connectivity index (χ0) is 13.6. The maximum absolute atomic E-state index is 12.2. The molecule has 0 aromatic carbocycles. The van der Waals surface area contributed by atoms with Gasteiger partial charge in [0.1, 0.15) is 0 Å². The molecule has 0 fully saturated rings. The van der Waals surface area contributed by atoms with Crippen molar-refractivity contribution >= 4 is 10.1 Å². The zero-order valence-corrected chi connectivity index (χ0v) is 7.59. The van der Waals surface area contributed by atoms with E-state index in [9.17, 15) is 43.5 Å². The van der Waals surface area contributed by atoms with E-state index >= 15 is 0 Å². The highest BCUT2D eigenvalue weighted by Crippen LogP contribution is 2.46. The molecule has 0 saturated heterocycles. The lowest BCUT2D eigenvalue weighted by Crippen LogP contribution is -2.55. The number of rotatable bonds is 3. The van der Waals surface area contributed by atoms with Crippen LogP contribution in [-0.2, 0) is 10.1 Å². The lowest BCUT2D eigenvalue weighted by molar-refractivity contribution is -0.319. The van der Waals surface area contributed by atoms with Crippen LogP contribution in [0.4, 0.5) is 35.1 Å². The Balaban J connectivity index is 5.48. The van der Waals surface area contributed by atoms with Gasteiger partial charge in [0.15, 0.2) is 0 Å². The molecule has 3 nitrogen and oxygen atoms in total. The van der Waals surface area contributed by atoms with E-state index in [1.54, 1.807) is 0 Å². The smallest absolute Gasteiger partial charge is 0.281 e. The van der Waals surface area contributed by atoms with Gasteiger partial charge >= 0.3 is 27.5 Å². The van der Waals surface area contributed by atoms with E-state index in [1.165, 1.54) is 0 Å². The molecule has 1 N–H and O–H groups in total. The van der Waals surface area contributed by atoms with Gasteiger partial charge in [-0.2, -0.15) is 39.2 Å². The molecule has 0 saturated carbocycles. The number of hydrogen-bond acceptors (Lipinski definition) is 2. The normalized spacial score (nSPS) is 17.3. The van der Waals surface area contributed by atoms with Crippen molar-refractivity contribution in [3.8, 4) is 0 Å². The van der Waals surface area contributed by atoms with Crippen LogP contribution in [0.25, 0.3) is 0 Å². The van der Waals surface area contributed by atoms with Crippen LogP contribution < -0.4 is 0 Å². The second-order valence-electron chi connectivity index (χ2n) is 2.52. The standard InChI is InChI=1S/C4H2F8O3S/c5-1(2(6,7)4(10,11)12)3(8,9)16(13,14)15/h1H,(H,13,14,15). The van der Waals surface area contributed by atoms with Crippen molar-refractivity contribution in [2.45, 2.75) is 23.5 Å². The predicted octanol–water partition coefficient (Wildman–Crippen LogP) is 2.00. The molecular formula is C4H2F8O3S. The Labute approximate surface area is 82.8 Å². The van der Waals surface area contributed by atoms with Gasteiger partial charge in [-0.1, -0.05) is 0 Å². The molecule has 0 amide bonds. The lowest BCUT2D eigenvalue weighted by atomic mass is 10.2. The molecule has 0 aliphatic rings. The quantitative estimate of drug-likeness (QED) is 0.636. The van der Waals surface area contributed by atoms with Gasteiger partial charge in [-0.3, -0.25) is 4.55 Å². The predicted molar refractivity (Wildman–Crippen MR) is 32.4 cm³/mol. The molecule has 0 heterocycles. The number of hydrogen-bond donors (Lipinski definition) is 1. The first kappa shape index (κ1) is 15.3. The summed E-state index contributed by atoms with van der Waals surface area (Å²) in [4.78, 5) is 0. The van der Waals surface area contributed by atoms with Crippen LogP contribution in [0.3, 0.4) is 0 Å². The summed E-state index contributed by atoms with van der Waals surface area (Å²) in [5, 5.41) is -6.27. The summed E-state index contributed by atoms with van der Waals surface area (Å²) in [6.07, 6.45) is -12.2. The average Bonchev–Trinajstić information content (AvgIpc) is 1.98. The van der Waals surface area contributed by atoms with E-state index in [0.29, 0.717) is 0 Å². The van der Waals surface area contributed by atoms with Gasteiger partial charge in [-0.15, -0.1) is 0 Å². The van der Waals surface area contributed by atoms with Crippen LogP contribution in [0.15, 0.2) is 0 Å². The van der Waals surface area contributed by atoms with Crippen molar-refractivity contribution in [1.82, 2.24) is 0 Å². The van der Waals surface area contributed by atoms with Crippen LogP contribution in [0.5, 0.6) is 0 Å². The van der Waals surface area contributed by atoms with E-state index in [4.69, 9.17) is 4.55 Å². The first-order chi connectivity index (χ1) is 6.65. The lowest BCUT2D eigenvalue weighted by Gasteiger charge is -2.26. The summed E-state index contributed by atoms with van der Waals surface area (Å²) >= 11 is 0. The van der Waals surface area contributed by atoms with Gasteiger partial charge in [-0.05, 0) is 0 Å². The van der Waals surface area contributed by atoms with Gasteiger partial charge in [0.2, 0.25) is 0 Å². The molecule has 98 valence electrons. The second kappa shape index (κ2) is 3.68. The largest absolute Gasteiger partial charge is 0.456 e. The molecule has 0 rings (SSSR count). The van der Waals surface area contributed by atoms with Gasteiger partial charge in [-0.25, -0.2) is 4.39 Å². The van der Waals surface area contributed by atoms with Crippen LogP contribution in [-0.4, -0.2) is 36.5 Å². The van der Waals surface area contributed by atoms with E-state index in [0.717, 1.165) is 0 Å². The van der Waals surface area contributed by atoms with Crippen LogP contribution in [0.2, 0.25) is 0 Å². The molecule has 0 radical (unpaired) electrons. The fourth-order valence-corrected chi connectivity index (χ4v) is 0.895. The van der Waals surface area contributed by atoms with Gasteiger partial charge in [0.05, 0.1) is 0 Å². The molecular weight excluding hydrogens is 280 g/mol. The monoisotopic (exact) mass is 282 g/mol. The average molecular weight is 282 g/mol. The summed E-state index contributed by atoms with van der Waals surface area (Å²) in [5.74, 6) is -6.62. The Morgan fingerprint density at radius 3 is 1.44 bits per heavy atom. The third-order valence-electron chi connectivity index (χ3n) is 1.34. The van der Waals surface area contributed by atoms with Crippen LogP contribution in [0, 0.1) is 0 Å². The third kappa shape index (κ3) is 2.36. The van der Waals surface area contributed by atoms with Crippen molar-refractivity contribution in [3.63, 3.8) is 0 Å². The van der Waals surface area contributed by atoms with Crippen molar-refractivity contribution < 1.29 is 48.1 Å². The fraction of sp³-hybridized carbons (Fsp3) is 1.00. The third-order valence-corrected chi connectivity index (χ3v) is 2.23. The highest BCUT2D eigenvalue weighted by Gasteiger charge is 2.73. The van der Waals surface area contributed by atoms with Gasteiger partial charge in [0, 0.05) is 0 Å². The Kier molecular flexibility index (Phi) is 3.53. The topological polar surface area (TPSA) is 54.4 Å². The Morgan fingerprint density at radius 2 is 1.25 bits per heavy atom. The summed E-state index contributed by atoms with van der Waals surface area (Å²) in [7, 11) is -6.73. The van der Waals surface area contributed by atoms with Gasteiger partial charge in [0.25, 0.3) is 6.17 Å². The van der Waals surface area contributed by atoms with Crippen molar-refractivity contribution in [2.24, 2.45) is 0 Å². The second-order valence-corrected chi connectivity index (χ2v) is 4.01. The van der Waals surface area contributed by atoms with Gasteiger partial charge < -0.3 is 0 Å². The SMILES string of the molecule is O=S(=O)(O)C(F)(F)C(F)C(F)(F)C(F)(F)F. The minimum absolute atomic E-state index is 5.45. The fourth-order valence-electron chi connectivity index (χ4n) is 0.485. The molecule has 12 heteroatoms. The zero-order valence-electron chi connectivity index (χ0n) is 6.77. The van der Waals surface area contributed by atoms with E-state index in [2.05, 4.69) is 0 Å². The maximum Gasteiger partial charge on any atom is 0.456 e. The van der Waals surface area contributed by atoms with Crippen LogP contribution >= 0.6 is 0 Å². The molecule has 0 bridgehead atoms. The van der Waals surface area contributed by atoms with Crippen molar-refractivity contribution in [2.75, 3.05) is 0 Å². The molecule has 0 aromatic heterocycles. The first-order valence-corrected chi connectivity index (χ1v) is 4.53. The Hall–Kier alpha value is -0.650. The van der Waals surface area contributed by atoms with E-state index in [1.807, 2.05) is 0 Å². The molecule has 0 aliphatic heterocycles. The van der Waals surface area contributed by atoms with E-state index in [-0.39, 0.29) is 0 Å². The maximum atomic E-state index is 12.2. The first-order valence-electron chi connectivity index (χ1n) is 3.09. The summed E-state index contributed by atoms with van der Waals surface area (Å²) < 4.78 is 122. The van der Waals surface area contributed by atoms with Crippen molar-refractivity contribution in [1.29, 1.82) is 0 Å². The van der Waals surface area contributed by atoms with Crippen LogP contribution in [0.1, 0.15) is 0 Å². The molecule has 0 aromatic rings. The number of halogens is 8. The Morgan fingerprint density at radius 1 is 0.938 bits per heavy atom. The molecule has 1 atom stereocenters. The molecule has 0 spiro atoms. The Bertz CT molecular complexity index is 356. The highest BCUT2D eigenvalue weighted by atomic mass is 32.2. The molecule has 0 aliphatic carbocycles. The minimum atomic E-state index is -6.73. The summed E-state index contributed by atoms with van der Waals surface area (Å²) in [6, 6.07) is 0. The summed E-state index contributed by atoms with van der Waals surface area (Å²) in [6.45, 7) is 0. The molecule has 16 heavy (non-hydrogen) atoms. The number of alkyl halides is 8. The highest BCUT2D eigenvalue weighted by molar-refractivity contribution is 7.86. The molecule has 1 unspecified atom stereocenters. The van der Waals surface area contributed by atoms with E-state index < -0.39 is 33.6 Å². The summed E-state index contributed by atoms with van der Waals surface area (Å²) in [5.41, 5.74) is 0.